The van der Waals surface area contributed by atoms with Crippen molar-refractivity contribution in [3.05, 3.63) is 35.9 Å². The number of ether oxygens (including phenoxy) is 1. The number of hydrogen-bond acceptors (Lipinski definition) is 3. The van der Waals surface area contributed by atoms with Gasteiger partial charge in [-0.25, -0.2) is 0 Å². The van der Waals surface area contributed by atoms with Gasteiger partial charge in [0.15, 0.2) is 0 Å². The molecule has 2 unspecified atom stereocenters. The van der Waals surface area contributed by atoms with Crippen molar-refractivity contribution in [2.24, 2.45) is 11.8 Å². The molecule has 2 aliphatic heterocycles. The van der Waals surface area contributed by atoms with E-state index < -0.39 is 0 Å². The Morgan fingerprint density at radius 3 is 2.52 bits per heavy atom. The molecule has 2 amide bonds. The third-order valence-electron chi connectivity index (χ3n) is 4.99. The Kier molecular flexibility index (Phi) is 3.81. The van der Waals surface area contributed by atoms with E-state index in [0.29, 0.717) is 6.41 Å². The predicted molar refractivity (Wildman–Crippen MR) is 78.3 cm³/mol. The maximum Gasteiger partial charge on any atom is 0.235 e. The first kappa shape index (κ1) is 14.3. The molecular formula is C17H21NO3. The lowest BCUT2D eigenvalue weighted by Gasteiger charge is -2.31. The first-order valence-electron chi connectivity index (χ1n) is 7.61. The van der Waals surface area contributed by atoms with Crippen molar-refractivity contribution in [3.8, 4) is 0 Å². The van der Waals surface area contributed by atoms with Crippen LogP contribution >= 0.6 is 0 Å². The summed E-state index contributed by atoms with van der Waals surface area (Å²) in [5.74, 6) is -0.0807. The van der Waals surface area contributed by atoms with Gasteiger partial charge in [0.05, 0.1) is 24.2 Å². The summed E-state index contributed by atoms with van der Waals surface area (Å²) < 4.78 is 5.83. The molecular weight excluding hydrogens is 266 g/mol. The molecule has 0 aliphatic carbocycles. The zero-order valence-corrected chi connectivity index (χ0v) is 12.4. The number of hydrogen-bond donors (Lipinski definition) is 0. The van der Waals surface area contributed by atoms with E-state index in [4.69, 9.17) is 4.74 Å². The van der Waals surface area contributed by atoms with E-state index in [1.165, 1.54) is 4.90 Å². The predicted octanol–water partition coefficient (Wildman–Crippen LogP) is 2.55. The monoisotopic (exact) mass is 287 g/mol. The lowest BCUT2D eigenvalue weighted by atomic mass is 9.79. The molecule has 2 saturated heterocycles. The highest BCUT2D eigenvalue weighted by Crippen LogP contribution is 2.44. The van der Waals surface area contributed by atoms with Crippen LogP contribution in [0.1, 0.15) is 38.3 Å². The molecule has 0 spiro atoms. The minimum Gasteiger partial charge on any atom is -0.374 e. The Morgan fingerprint density at radius 2 is 1.95 bits per heavy atom. The van der Waals surface area contributed by atoms with Crippen LogP contribution in [0, 0.1) is 11.8 Å². The van der Waals surface area contributed by atoms with Crippen molar-refractivity contribution in [2.75, 3.05) is 0 Å². The fraction of sp³-hybridized carbons (Fsp3) is 0.529. The molecule has 0 aromatic heterocycles. The van der Waals surface area contributed by atoms with Crippen LogP contribution in [0.5, 0.6) is 0 Å². The SMILES string of the molecule is C[C@@H]1C2CCC(O2)[C@@H]1C(=O)N(C=O)[C@H](C)c1ccccc1. The molecule has 0 N–H and O–H groups in total. The minimum absolute atomic E-state index is 0.0112. The maximum absolute atomic E-state index is 12.8. The maximum atomic E-state index is 12.8. The van der Waals surface area contributed by atoms with E-state index in [2.05, 4.69) is 6.92 Å². The molecule has 1 aromatic carbocycles. The van der Waals surface area contributed by atoms with Gasteiger partial charge in [-0.2, -0.15) is 0 Å². The molecule has 4 heteroatoms. The molecule has 3 rings (SSSR count). The highest BCUT2D eigenvalue weighted by molar-refractivity contribution is 5.89. The Balaban J connectivity index is 1.80. The smallest absolute Gasteiger partial charge is 0.235 e. The number of imide groups is 1. The van der Waals surface area contributed by atoms with E-state index in [1.807, 2.05) is 37.3 Å². The second-order valence-corrected chi connectivity index (χ2v) is 6.11. The average Bonchev–Trinajstić information content (AvgIpc) is 3.09. The van der Waals surface area contributed by atoms with Crippen molar-refractivity contribution in [1.82, 2.24) is 4.90 Å². The lowest BCUT2D eigenvalue weighted by Crippen LogP contribution is -2.43. The van der Waals surface area contributed by atoms with Gasteiger partial charge in [-0.05, 0) is 31.2 Å². The van der Waals surface area contributed by atoms with Crippen LogP contribution < -0.4 is 0 Å². The number of carbonyl (C=O) groups is 2. The fourth-order valence-electron chi connectivity index (χ4n) is 3.69. The Bertz CT molecular complexity index is 528. The van der Waals surface area contributed by atoms with Gasteiger partial charge < -0.3 is 4.74 Å². The van der Waals surface area contributed by atoms with Gasteiger partial charge >= 0.3 is 0 Å². The molecule has 0 saturated carbocycles. The number of rotatable bonds is 4. The summed E-state index contributed by atoms with van der Waals surface area (Å²) in [7, 11) is 0. The van der Waals surface area contributed by atoms with Crippen LogP contribution in [0.2, 0.25) is 0 Å². The molecule has 5 atom stereocenters. The molecule has 1 aromatic rings. The van der Waals surface area contributed by atoms with E-state index in [1.54, 1.807) is 0 Å². The Labute approximate surface area is 125 Å². The van der Waals surface area contributed by atoms with Crippen LogP contribution in [0.3, 0.4) is 0 Å². The van der Waals surface area contributed by atoms with Crippen LogP contribution in [0.15, 0.2) is 30.3 Å². The Morgan fingerprint density at radius 1 is 1.29 bits per heavy atom. The van der Waals surface area contributed by atoms with Crippen molar-refractivity contribution >= 4 is 12.3 Å². The molecule has 2 aliphatic rings. The zero-order valence-electron chi connectivity index (χ0n) is 12.4. The van der Waals surface area contributed by atoms with E-state index in [0.717, 1.165) is 18.4 Å². The molecule has 21 heavy (non-hydrogen) atoms. The van der Waals surface area contributed by atoms with Crippen LogP contribution in [-0.2, 0) is 14.3 Å². The second kappa shape index (κ2) is 5.60. The summed E-state index contributed by atoms with van der Waals surface area (Å²) >= 11 is 0. The van der Waals surface area contributed by atoms with E-state index in [9.17, 15) is 9.59 Å². The summed E-state index contributed by atoms with van der Waals surface area (Å²) in [5, 5.41) is 0. The van der Waals surface area contributed by atoms with Gasteiger partial charge in [-0.3, -0.25) is 14.5 Å². The highest BCUT2D eigenvalue weighted by Gasteiger charge is 2.51. The third kappa shape index (κ3) is 2.38. The van der Waals surface area contributed by atoms with Crippen LogP contribution in [0.4, 0.5) is 0 Å². The van der Waals surface area contributed by atoms with Gasteiger partial charge in [0, 0.05) is 0 Å². The first-order chi connectivity index (χ1) is 10.1. The lowest BCUT2D eigenvalue weighted by molar-refractivity contribution is -0.146. The van der Waals surface area contributed by atoms with Gasteiger partial charge in [0.25, 0.3) is 0 Å². The van der Waals surface area contributed by atoms with Crippen molar-refractivity contribution in [1.29, 1.82) is 0 Å². The topological polar surface area (TPSA) is 46.6 Å². The molecule has 0 radical (unpaired) electrons. The standard InChI is InChI=1S/C17H21NO3/c1-11-14-8-9-15(21-14)16(11)17(20)18(10-19)12(2)13-6-4-3-5-7-13/h3-7,10-12,14-16H,8-9H2,1-2H3/t11-,12-,14?,15?,16-/m1/s1. The molecule has 2 bridgehead atoms. The zero-order chi connectivity index (χ0) is 15.0. The van der Waals surface area contributed by atoms with Gasteiger partial charge in [-0.1, -0.05) is 37.3 Å². The van der Waals surface area contributed by atoms with Crippen molar-refractivity contribution < 1.29 is 14.3 Å². The fourth-order valence-corrected chi connectivity index (χ4v) is 3.69. The van der Waals surface area contributed by atoms with Gasteiger partial charge in [0.2, 0.25) is 12.3 Å². The second-order valence-electron chi connectivity index (χ2n) is 6.11. The number of fused-ring (bicyclic) bond motifs is 2. The largest absolute Gasteiger partial charge is 0.374 e. The third-order valence-corrected chi connectivity index (χ3v) is 4.99. The molecule has 4 nitrogen and oxygen atoms in total. The summed E-state index contributed by atoms with van der Waals surface area (Å²) in [5.41, 5.74) is 0.967. The summed E-state index contributed by atoms with van der Waals surface area (Å²) in [6.07, 6.45) is 2.80. The minimum atomic E-state index is -0.248. The van der Waals surface area contributed by atoms with Crippen LogP contribution in [-0.4, -0.2) is 29.4 Å². The quantitative estimate of drug-likeness (QED) is 0.800. The van der Waals surface area contributed by atoms with Crippen LogP contribution in [0.25, 0.3) is 0 Å². The Hall–Kier alpha value is -1.68. The van der Waals surface area contributed by atoms with Gasteiger partial charge in [-0.15, -0.1) is 0 Å². The molecule has 2 fully saturated rings. The summed E-state index contributed by atoms with van der Waals surface area (Å²) in [6, 6.07) is 9.40. The number of carbonyl (C=O) groups excluding carboxylic acids is 2. The average molecular weight is 287 g/mol. The normalized spacial score (nSPS) is 31.9. The number of amides is 2. The number of nitrogens with zero attached hydrogens (tertiary/aromatic N) is 1. The highest BCUT2D eigenvalue weighted by atomic mass is 16.5. The van der Waals surface area contributed by atoms with E-state index in [-0.39, 0.29) is 36.0 Å². The van der Waals surface area contributed by atoms with Crippen molar-refractivity contribution in [2.45, 2.75) is 44.9 Å². The number of benzene rings is 1. The van der Waals surface area contributed by atoms with Gasteiger partial charge in [0.1, 0.15) is 0 Å². The van der Waals surface area contributed by atoms with E-state index >= 15 is 0 Å². The molecule has 2 heterocycles. The summed E-state index contributed by atoms with van der Waals surface area (Å²) in [4.78, 5) is 25.6. The first-order valence-corrected chi connectivity index (χ1v) is 7.61. The molecule has 112 valence electrons. The van der Waals surface area contributed by atoms with Crippen molar-refractivity contribution in [3.63, 3.8) is 0 Å². The summed E-state index contributed by atoms with van der Waals surface area (Å²) in [6.45, 7) is 3.95.